The molecule has 39 heavy (non-hydrogen) atoms. The highest BCUT2D eigenvalue weighted by molar-refractivity contribution is 9.10. The van der Waals surface area contributed by atoms with E-state index in [1.54, 1.807) is 30.3 Å². The van der Waals surface area contributed by atoms with Crippen molar-refractivity contribution in [1.82, 2.24) is 9.66 Å². The first-order valence-electron chi connectivity index (χ1n) is 11.8. The molecule has 0 unspecified atom stereocenters. The summed E-state index contributed by atoms with van der Waals surface area (Å²) in [6.07, 6.45) is 1.32. The number of benzene rings is 3. The van der Waals surface area contributed by atoms with Crippen LogP contribution in [0.2, 0.25) is 5.02 Å². The largest absolute Gasteiger partial charge is 0.481 e. The Hall–Kier alpha value is -3.96. The zero-order valence-corrected chi connectivity index (χ0v) is 23.4. The standard InChI is InChI=1S/C27H22BrClN4O6/c1-27(2,3)26-31-20-6-5-17(28)10-19(20)25(34)32(26)30-12-16-9-18(29)11-21(33(35)36)24(16)37-13-15-4-7-22-23(8-15)39-14-38-22/h4-12H,13-14H2,1-3H3. The third-order valence-corrected chi connectivity index (χ3v) is 6.58. The molecule has 1 aliphatic rings. The summed E-state index contributed by atoms with van der Waals surface area (Å²) in [5.74, 6) is 1.54. The van der Waals surface area contributed by atoms with Gasteiger partial charge in [0.2, 0.25) is 12.5 Å². The molecule has 200 valence electrons. The first-order chi connectivity index (χ1) is 18.5. The van der Waals surface area contributed by atoms with Gasteiger partial charge in [-0.05, 0) is 42.0 Å². The summed E-state index contributed by atoms with van der Waals surface area (Å²) in [5.41, 5.74) is 0.190. The first kappa shape index (κ1) is 26.6. The van der Waals surface area contributed by atoms with Crippen LogP contribution in [0.3, 0.4) is 0 Å². The second kappa shape index (κ2) is 10.3. The van der Waals surface area contributed by atoms with E-state index in [1.165, 1.54) is 23.0 Å². The van der Waals surface area contributed by atoms with Crippen molar-refractivity contribution in [3.05, 3.63) is 95.4 Å². The van der Waals surface area contributed by atoms with Crippen molar-refractivity contribution in [3.63, 3.8) is 0 Å². The van der Waals surface area contributed by atoms with Crippen LogP contribution in [0.4, 0.5) is 5.69 Å². The molecular formula is C27H22BrClN4O6. The van der Waals surface area contributed by atoms with Gasteiger partial charge in [-0.2, -0.15) is 9.78 Å². The maximum atomic E-state index is 13.5. The van der Waals surface area contributed by atoms with Crippen LogP contribution in [0.25, 0.3) is 10.9 Å². The van der Waals surface area contributed by atoms with E-state index >= 15 is 0 Å². The lowest BCUT2D eigenvalue weighted by Crippen LogP contribution is -2.29. The normalized spacial score (nSPS) is 12.8. The van der Waals surface area contributed by atoms with Crippen molar-refractivity contribution in [2.24, 2.45) is 5.10 Å². The molecule has 5 rings (SSSR count). The predicted molar refractivity (Wildman–Crippen MR) is 150 cm³/mol. The number of ether oxygens (including phenoxy) is 3. The maximum absolute atomic E-state index is 13.5. The highest BCUT2D eigenvalue weighted by Gasteiger charge is 2.24. The summed E-state index contributed by atoms with van der Waals surface area (Å²) in [6, 6.07) is 13.2. The number of hydrogen-bond donors (Lipinski definition) is 0. The fraction of sp³-hybridized carbons (Fsp3) is 0.222. The average molecular weight is 614 g/mol. The lowest BCUT2D eigenvalue weighted by atomic mass is 9.95. The van der Waals surface area contributed by atoms with E-state index < -0.39 is 10.3 Å². The van der Waals surface area contributed by atoms with Gasteiger partial charge in [0.1, 0.15) is 12.4 Å². The molecule has 0 radical (unpaired) electrons. The topological polar surface area (TPSA) is 118 Å². The Morgan fingerprint density at radius 1 is 1.18 bits per heavy atom. The zero-order valence-electron chi connectivity index (χ0n) is 21.1. The van der Waals surface area contributed by atoms with Gasteiger partial charge >= 0.3 is 5.69 Å². The molecule has 10 nitrogen and oxygen atoms in total. The van der Waals surface area contributed by atoms with Gasteiger partial charge in [-0.25, -0.2) is 4.98 Å². The van der Waals surface area contributed by atoms with Crippen molar-refractivity contribution in [3.8, 4) is 17.2 Å². The number of hydrogen-bond acceptors (Lipinski definition) is 8. The molecule has 0 aliphatic carbocycles. The number of nitro groups is 1. The van der Waals surface area contributed by atoms with Gasteiger partial charge in [-0.3, -0.25) is 14.9 Å². The van der Waals surface area contributed by atoms with Crippen molar-refractivity contribution in [2.45, 2.75) is 32.8 Å². The summed E-state index contributed by atoms with van der Waals surface area (Å²) in [7, 11) is 0. The SMILES string of the molecule is CC(C)(C)c1nc2ccc(Br)cc2c(=O)n1N=Cc1cc(Cl)cc([N+](=O)[O-])c1OCc1ccc2c(c1)OCO2. The molecule has 1 aromatic heterocycles. The third kappa shape index (κ3) is 5.45. The summed E-state index contributed by atoms with van der Waals surface area (Å²) >= 11 is 9.61. The molecule has 0 atom stereocenters. The summed E-state index contributed by atoms with van der Waals surface area (Å²) < 4.78 is 18.6. The number of halogens is 2. The lowest BCUT2D eigenvalue weighted by Gasteiger charge is -2.21. The number of aromatic nitrogens is 2. The monoisotopic (exact) mass is 612 g/mol. The second-order valence-electron chi connectivity index (χ2n) is 9.79. The molecule has 0 spiro atoms. The fourth-order valence-corrected chi connectivity index (χ4v) is 4.62. The number of rotatable bonds is 6. The third-order valence-electron chi connectivity index (χ3n) is 5.87. The van der Waals surface area contributed by atoms with Gasteiger partial charge in [-0.15, -0.1) is 0 Å². The smallest absolute Gasteiger partial charge is 0.313 e. The van der Waals surface area contributed by atoms with Gasteiger partial charge in [0.15, 0.2) is 11.5 Å². The van der Waals surface area contributed by atoms with Crippen molar-refractivity contribution in [1.29, 1.82) is 0 Å². The number of nitrogens with zero attached hydrogens (tertiary/aromatic N) is 4. The minimum Gasteiger partial charge on any atom is -0.481 e. The van der Waals surface area contributed by atoms with E-state index in [0.717, 1.165) is 4.47 Å². The molecule has 0 bridgehead atoms. The van der Waals surface area contributed by atoms with Crippen LogP contribution in [-0.2, 0) is 12.0 Å². The average Bonchev–Trinajstić information content (AvgIpc) is 3.34. The van der Waals surface area contributed by atoms with Gasteiger partial charge in [0.25, 0.3) is 5.56 Å². The molecule has 0 saturated carbocycles. The molecule has 3 aromatic carbocycles. The number of nitro benzene ring substituents is 1. The highest BCUT2D eigenvalue weighted by atomic mass is 79.9. The minimum atomic E-state index is -0.583. The Bertz CT molecular complexity index is 1710. The Morgan fingerprint density at radius 3 is 2.69 bits per heavy atom. The van der Waals surface area contributed by atoms with E-state index in [9.17, 15) is 14.9 Å². The van der Waals surface area contributed by atoms with E-state index in [1.807, 2.05) is 26.8 Å². The molecule has 4 aromatic rings. The van der Waals surface area contributed by atoms with Crippen molar-refractivity contribution in [2.75, 3.05) is 6.79 Å². The predicted octanol–water partition coefficient (Wildman–Crippen LogP) is 6.21. The van der Waals surface area contributed by atoms with Crippen LogP contribution in [-0.4, -0.2) is 27.6 Å². The molecule has 12 heteroatoms. The van der Waals surface area contributed by atoms with Crippen LogP contribution in [0.15, 0.2) is 62.9 Å². The van der Waals surface area contributed by atoms with Crippen LogP contribution >= 0.6 is 27.5 Å². The second-order valence-corrected chi connectivity index (χ2v) is 11.1. The van der Waals surface area contributed by atoms with Gasteiger partial charge in [0.05, 0.1) is 22.0 Å². The Labute approximate surface area is 236 Å². The lowest BCUT2D eigenvalue weighted by molar-refractivity contribution is -0.385. The molecule has 0 amide bonds. The zero-order chi connectivity index (χ0) is 27.9. The van der Waals surface area contributed by atoms with Crippen LogP contribution in [0.5, 0.6) is 17.2 Å². The van der Waals surface area contributed by atoms with E-state index in [2.05, 4.69) is 21.0 Å². The molecule has 0 N–H and O–H groups in total. The van der Waals surface area contributed by atoms with E-state index in [0.29, 0.717) is 33.8 Å². The van der Waals surface area contributed by atoms with E-state index in [4.69, 9.17) is 30.8 Å². The highest BCUT2D eigenvalue weighted by Crippen LogP contribution is 2.36. The van der Waals surface area contributed by atoms with Crippen LogP contribution in [0.1, 0.15) is 37.7 Å². The summed E-state index contributed by atoms with van der Waals surface area (Å²) in [6.45, 7) is 5.86. The Kier molecular flexibility index (Phi) is 7.04. The maximum Gasteiger partial charge on any atom is 0.313 e. The van der Waals surface area contributed by atoms with Gasteiger partial charge < -0.3 is 14.2 Å². The molecule has 2 heterocycles. The molecular weight excluding hydrogens is 592 g/mol. The molecule has 0 fully saturated rings. The van der Waals surface area contributed by atoms with Gasteiger partial charge in [-0.1, -0.05) is 54.4 Å². The van der Waals surface area contributed by atoms with Crippen molar-refractivity contribution < 1.29 is 19.1 Å². The Balaban J connectivity index is 1.59. The summed E-state index contributed by atoms with van der Waals surface area (Å²) in [5, 5.41) is 16.8. The quantitative estimate of drug-likeness (QED) is 0.144. The fourth-order valence-electron chi connectivity index (χ4n) is 4.04. The van der Waals surface area contributed by atoms with Crippen LogP contribution < -0.4 is 19.8 Å². The molecule has 0 saturated heterocycles. The summed E-state index contributed by atoms with van der Waals surface area (Å²) in [4.78, 5) is 29.5. The minimum absolute atomic E-state index is 0.00129. The van der Waals surface area contributed by atoms with Crippen LogP contribution in [0, 0.1) is 10.1 Å². The molecule has 1 aliphatic heterocycles. The van der Waals surface area contributed by atoms with E-state index in [-0.39, 0.29) is 41.0 Å². The first-order valence-corrected chi connectivity index (χ1v) is 12.9. The van der Waals surface area contributed by atoms with Gasteiger partial charge in [0, 0.05) is 26.5 Å². The Morgan fingerprint density at radius 2 is 1.95 bits per heavy atom. The van der Waals surface area contributed by atoms with Crippen molar-refractivity contribution >= 4 is 50.3 Å². The number of fused-ring (bicyclic) bond motifs is 2.